The lowest BCUT2D eigenvalue weighted by molar-refractivity contribution is -0.121. The molecule has 2 amide bonds. The van der Waals surface area contributed by atoms with Crippen LogP contribution in [0.15, 0.2) is 54.6 Å². The normalized spacial score (nSPS) is 13.9. The van der Waals surface area contributed by atoms with E-state index in [-0.39, 0.29) is 24.3 Å². The second kappa shape index (κ2) is 7.65. The zero-order chi connectivity index (χ0) is 18.5. The topological polar surface area (TPSA) is 100 Å². The third-order valence-corrected chi connectivity index (χ3v) is 4.04. The van der Waals surface area contributed by atoms with Gasteiger partial charge in [-0.05, 0) is 17.7 Å². The Kier molecular flexibility index (Phi) is 5.12. The molecule has 0 aromatic heterocycles. The number of hydrogen-bond donors (Lipinski definition) is 0. The number of nitrogens with zero attached hydrogens (tertiary/aromatic N) is 3. The number of benzene rings is 2. The van der Waals surface area contributed by atoms with Crippen molar-refractivity contribution in [2.24, 2.45) is 0 Å². The maximum absolute atomic E-state index is 12.6. The van der Waals surface area contributed by atoms with Crippen LogP contribution in [0.4, 0.5) is 0 Å². The highest BCUT2D eigenvalue weighted by atomic mass is 16.5. The highest BCUT2D eigenvalue weighted by molar-refractivity contribution is 6.31. The van der Waals surface area contributed by atoms with Gasteiger partial charge in [0.25, 0.3) is 17.6 Å². The predicted octanol–water partition coefficient (Wildman–Crippen LogP) is 1.74. The molecule has 0 saturated heterocycles. The van der Waals surface area contributed by atoms with Crippen LogP contribution in [0.3, 0.4) is 0 Å². The molecule has 0 fully saturated rings. The van der Waals surface area contributed by atoms with Gasteiger partial charge in [0.05, 0.1) is 24.3 Å². The molecule has 0 unspecified atom stereocenters. The summed E-state index contributed by atoms with van der Waals surface area (Å²) < 4.78 is 5.55. The van der Waals surface area contributed by atoms with Gasteiger partial charge in [0.1, 0.15) is 6.04 Å². The molecular formula is C19H15N3O4. The van der Waals surface area contributed by atoms with Crippen LogP contribution < -0.4 is 0 Å². The number of fused-ring (bicyclic) bond motifs is 1. The second-order valence-electron chi connectivity index (χ2n) is 5.69. The average molecular weight is 349 g/mol. The lowest BCUT2D eigenvalue weighted by Gasteiger charge is -2.22. The Hall–Kier alpha value is -3.41. The maximum atomic E-state index is 12.6. The minimum absolute atomic E-state index is 0.203. The largest absolute Gasteiger partial charge is 0.374 e. The second-order valence-corrected chi connectivity index (χ2v) is 5.69. The Balaban J connectivity index is 1.81. The van der Waals surface area contributed by atoms with Crippen LogP contribution in [0.2, 0.25) is 0 Å². The van der Waals surface area contributed by atoms with Gasteiger partial charge >= 0.3 is 6.21 Å². The molecular weight excluding hydrogens is 334 g/mol. The summed E-state index contributed by atoms with van der Waals surface area (Å²) in [6.45, 7) is 0.00920. The van der Waals surface area contributed by atoms with Gasteiger partial charge < -0.3 is 10.3 Å². The summed E-state index contributed by atoms with van der Waals surface area (Å²) in [7, 11) is 0. The van der Waals surface area contributed by atoms with E-state index in [1.807, 2.05) is 30.3 Å². The van der Waals surface area contributed by atoms with Crippen LogP contribution in [-0.4, -0.2) is 46.2 Å². The minimum Gasteiger partial charge on any atom is -0.374 e. The number of rotatable bonds is 7. The molecule has 26 heavy (non-hydrogen) atoms. The molecule has 2 aromatic carbocycles. The molecule has 130 valence electrons. The van der Waals surface area contributed by atoms with E-state index in [2.05, 4.69) is 4.79 Å². The first-order valence-corrected chi connectivity index (χ1v) is 7.93. The smallest absolute Gasteiger partial charge is 0.325 e. The molecule has 7 heteroatoms. The third kappa shape index (κ3) is 3.35. The highest BCUT2D eigenvalue weighted by Crippen LogP contribution is 2.25. The summed E-state index contributed by atoms with van der Waals surface area (Å²) in [4.78, 5) is 41.0. The molecule has 1 aliphatic heterocycles. The van der Waals surface area contributed by atoms with Crippen molar-refractivity contribution in [3.8, 4) is 0 Å². The van der Waals surface area contributed by atoms with Crippen molar-refractivity contribution in [2.45, 2.75) is 12.6 Å². The van der Waals surface area contributed by atoms with E-state index >= 15 is 0 Å². The Labute approximate surface area is 149 Å². The van der Waals surface area contributed by atoms with Crippen molar-refractivity contribution < 1.29 is 23.9 Å². The van der Waals surface area contributed by atoms with Crippen molar-refractivity contribution in [1.29, 1.82) is 0 Å². The number of carbonyl (C=O) groups is 3. The number of imide groups is 1. The molecule has 7 nitrogen and oxygen atoms in total. The molecule has 1 heterocycles. The summed E-state index contributed by atoms with van der Waals surface area (Å²) >= 11 is 0. The Morgan fingerprint density at radius 3 is 2.19 bits per heavy atom. The van der Waals surface area contributed by atoms with E-state index in [0.717, 1.165) is 10.5 Å². The fraction of sp³-hybridized carbons (Fsp3) is 0.158. The van der Waals surface area contributed by atoms with Gasteiger partial charge in [0.15, 0.2) is 0 Å². The zero-order valence-corrected chi connectivity index (χ0v) is 13.7. The van der Waals surface area contributed by atoms with Crippen LogP contribution >= 0.6 is 0 Å². The van der Waals surface area contributed by atoms with Crippen molar-refractivity contribution in [2.75, 3.05) is 6.61 Å². The lowest BCUT2D eigenvalue weighted by atomic mass is 10.1. The first-order valence-electron chi connectivity index (χ1n) is 7.93. The molecule has 0 aliphatic carbocycles. The minimum atomic E-state index is -1.21. The molecule has 0 bridgehead atoms. The van der Waals surface area contributed by atoms with E-state index in [9.17, 15) is 14.4 Å². The summed E-state index contributed by atoms with van der Waals surface area (Å²) in [6.07, 6.45) is 0.667. The molecule has 0 radical (unpaired) electrons. The van der Waals surface area contributed by atoms with Gasteiger partial charge in [-0.2, -0.15) is 4.79 Å². The lowest BCUT2D eigenvalue weighted by Crippen LogP contribution is -2.48. The Morgan fingerprint density at radius 2 is 1.62 bits per heavy atom. The fourth-order valence-corrected chi connectivity index (χ4v) is 2.78. The van der Waals surface area contributed by atoms with Gasteiger partial charge in [-0.15, -0.1) is 0 Å². The molecule has 0 spiro atoms. The van der Waals surface area contributed by atoms with Gasteiger partial charge in [-0.1, -0.05) is 42.5 Å². The Bertz CT molecular complexity index is 869. The molecule has 2 aromatic rings. The van der Waals surface area contributed by atoms with Crippen LogP contribution in [0, 0.1) is 0 Å². The van der Waals surface area contributed by atoms with Crippen LogP contribution in [-0.2, 0) is 16.1 Å². The number of hydrogen-bond acceptors (Lipinski definition) is 4. The molecule has 0 saturated carbocycles. The number of Topliss-reactive ketones (excluding diaryl/α,β-unsaturated/α-hetero) is 1. The molecule has 3 rings (SSSR count). The quantitative estimate of drug-likeness (QED) is 0.329. The Morgan fingerprint density at radius 1 is 1.04 bits per heavy atom. The van der Waals surface area contributed by atoms with Crippen molar-refractivity contribution in [3.05, 3.63) is 76.8 Å². The number of ether oxygens (including phenoxy) is 1. The van der Waals surface area contributed by atoms with Crippen LogP contribution in [0.1, 0.15) is 26.3 Å². The van der Waals surface area contributed by atoms with Gasteiger partial charge in [-0.25, -0.2) is 0 Å². The number of carbonyl (C=O) groups excluding carboxylic acids is 3. The fourth-order valence-electron chi connectivity index (χ4n) is 2.78. The SMILES string of the molecule is [N-]=[N+]=CC(=O)[C@H](COCc1ccccc1)N1C(=O)c2ccccc2C1=O. The maximum Gasteiger partial charge on any atom is 0.325 e. The van der Waals surface area contributed by atoms with Crippen molar-refractivity contribution >= 4 is 23.8 Å². The van der Waals surface area contributed by atoms with E-state index < -0.39 is 23.6 Å². The summed E-state index contributed by atoms with van der Waals surface area (Å²) in [5, 5.41) is 0. The van der Waals surface area contributed by atoms with Gasteiger partial charge in [-0.3, -0.25) is 19.3 Å². The summed E-state index contributed by atoms with van der Waals surface area (Å²) in [5.74, 6) is -1.84. The average Bonchev–Trinajstić information content (AvgIpc) is 2.91. The van der Waals surface area contributed by atoms with Crippen LogP contribution in [0.5, 0.6) is 0 Å². The monoisotopic (exact) mass is 349 g/mol. The van der Waals surface area contributed by atoms with Crippen LogP contribution in [0.25, 0.3) is 5.53 Å². The third-order valence-electron chi connectivity index (χ3n) is 4.04. The standard InChI is InChI=1S/C19H15N3O4/c20-21-10-17(23)16(12-26-11-13-6-2-1-3-7-13)22-18(24)14-8-4-5-9-15(14)19(22)25/h1-10,16H,11-12H2/t16-/m0/s1. The molecule has 1 atom stereocenters. The first kappa shape index (κ1) is 17.4. The number of amides is 2. The summed E-state index contributed by atoms with van der Waals surface area (Å²) in [6, 6.07) is 14.4. The highest BCUT2D eigenvalue weighted by Gasteiger charge is 2.43. The van der Waals surface area contributed by atoms with Crippen molar-refractivity contribution in [1.82, 2.24) is 4.90 Å². The van der Waals surface area contributed by atoms with E-state index in [0.29, 0.717) is 6.21 Å². The van der Waals surface area contributed by atoms with Crippen molar-refractivity contribution in [3.63, 3.8) is 0 Å². The van der Waals surface area contributed by atoms with E-state index in [4.69, 9.17) is 10.3 Å². The zero-order valence-electron chi connectivity index (χ0n) is 13.7. The summed E-state index contributed by atoms with van der Waals surface area (Å²) in [5.41, 5.74) is 10.0. The van der Waals surface area contributed by atoms with E-state index in [1.165, 1.54) is 12.1 Å². The van der Waals surface area contributed by atoms with Gasteiger partial charge in [0, 0.05) is 0 Å². The predicted molar refractivity (Wildman–Crippen MR) is 91.5 cm³/mol. The number of ketones is 1. The molecule has 0 N–H and O–H groups in total. The van der Waals surface area contributed by atoms with Gasteiger partial charge in [0.2, 0.25) is 0 Å². The molecule has 1 aliphatic rings. The first-order chi connectivity index (χ1) is 12.6. The van der Waals surface area contributed by atoms with E-state index in [1.54, 1.807) is 12.1 Å².